The van der Waals surface area contributed by atoms with Crippen LogP contribution in [0.25, 0.3) is 0 Å². The molecule has 7 nitrogen and oxygen atoms in total. The van der Waals surface area contributed by atoms with E-state index in [4.69, 9.17) is 9.47 Å². The first kappa shape index (κ1) is 26.2. The average Bonchev–Trinajstić information content (AvgIpc) is 3.15. The minimum absolute atomic E-state index is 0.115. The van der Waals surface area contributed by atoms with Crippen LogP contribution in [0.2, 0.25) is 0 Å². The van der Waals surface area contributed by atoms with E-state index in [2.05, 4.69) is 17.5 Å². The SMILES string of the molecule is CC(C)(C)OC(=O)C1=CC[C@@H](C[C@H](NC(=O)OCC2C3=C(CCCC3)C3CCC=CC32)C(=O)O)C=C1. The summed E-state index contributed by atoms with van der Waals surface area (Å²) in [6.45, 7) is 5.72. The fourth-order valence-electron chi connectivity index (χ4n) is 6.12. The number of allylic oxidation sites excluding steroid dienone is 5. The molecule has 0 aromatic heterocycles. The van der Waals surface area contributed by atoms with Crippen molar-refractivity contribution in [2.24, 2.45) is 23.7 Å². The van der Waals surface area contributed by atoms with Gasteiger partial charge in [-0.25, -0.2) is 14.4 Å². The second-order valence-corrected chi connectivity index (χ2v) is 11.4. The van der Waals surface area contributed by atoms with Gasteiger partial charge in [0.15, 0.2) is 0 Å². The highest BCUT2D eigenvalue weighted by molar-refractivity contribution is 5.92. The maximum atomic E-state index is 12.6. The molecule has 0 radical (unpaired) electrons. The van der Waals surface area contributed by atoms with E-state index in [9.17, 15) is 19.5 Å². The van der Waals surface area contributed by atoms with Crippen LogP contribution >= 0.6 is 0 Å². The molecule has 7 heteroatoms. The van der Waals surface area contributed by atoms with E-state index in [0.29, 0.717) is 23.8 Å². The second-order valence-electron chi connectivity index (χ2n) is 11.4. The van der Waals surface area contributed by atoms with Crippen molar-refractivity contribution in [3.63, 3.8) is 0 Å². The molecule has 0 aromatic rings. The number of carbonyl (C=O) groups is 3. The number of alkyl carbamates (subject to hydrolysis) is 1. The smallest absolute Gasteiger partial charge is 0.407 e. The van der Waals surface area contributed by atoms with E-state index in [1.165, 1.54) is 24.8 Å². The first-order chi connectivity index (χ1) is 17.1. The quantitative estimate of drug-likeness (QED) is 0.357. The number of rotatable bonds is 7. The molecule has 0 saturated heterocycles. The van der Waals surface area contributed by atoms with Gasteiger partial charge in [-0.15, -0.1) is 0 Å². The summed E-state index contributed by atoms with van der Waals surface area (Å²) in [5.41, 5.74) is 2.95. The normalized spacial score (nSPS) is 28.0. The third-order valence-electron chi connectivity index (χ3n) is 7.73. The molecular formula is C29H39NO6. The second kappa shape index (κ2) is 11.1. The molecule has 4 aliphatic rings. The Hall–Kier alpha value is -2.83. The number of carboxylic acids is 1. The molecule has 0 aromatic carbocycles. The highest BCUT2D eigenvalue weighted by Crippen LogP contribution is 2.51. The van der Waals surface area contributed by atoms with Crippen molar-refractivity contribution in [2.45, 2.75) is 83.8 Å². The zero-order valence-corrected chi connectivity index (χ0v) is 21.6. The van der Waals surface area contributed by atoms with Gasteiger partial charge in [-0.1, -0.05) is 41.5 Å². The van der Waals surface area contributed by atoms with Crippen LogP contribution in [0.4, 0.5) is 4.79 Å². The summed E-state index contributed by atoms with van der Waals surface area (Å²) in [4.78, 5) is 36.7. The average molecular weight is 498 g/mol. The largest absolute Gasteiger partial charge is 0.480 e. The van der Waals surface area contributed by atoms with Crippen LogP contribution in [0.3, 0.4) is 0 Å². The summed E-state index contributed by atoms with van der Waals surface area (Å²) in [6.07, 6.45) is 16.8. The Bertz CT molecular complexity index is 998. The van der Waals surface area contributed by atoms with Crippen LogP contribution < -0.4 is 5.32 Å². The lowest BCUT2D eigenvalue weighted by atomic mass is 9.79. The Kier molecular flexibility index (Phi) is 8.06. The standard InChI is InChI=1S/C29H39NO6/c1-29(2,3)36-27(33)19-14-12-18(13-15-19)16-25(26(31)32)30-28(34)35-17-24-22-10-6-4-8-20(22)21-9-5-7-11-23(21)24/h6,10,12,14-15,18,20,22,24-25H,4-5,7-9,11,13,16-17H2,1-3H3,(H,30,34)(H,31,32)/t18-,20?,22?,24?,25-/m0/s1. The maximum absolute atomic E-state index is 12.6. The minimum atomic E-state index is -1.10. The van der Waals surface area contributed by atoms with Gasteiger partial charge < -0.3 is 19.9 Å². The van der Waals surface area contributed by atoms with Crippen LogP contribution in [0.1, 0.15) is 72.1 Å². The van der Waals surface area contributed by atoms with E-state index >= 15 is 0 Å². The minimum Gasteiger partial charge on any atom is -0.480 e. The third kappa shape index (κ3) is 6.29. The zero-order valence-electron chi connectivity index (χ0n) is 21.6. The van der Waals surface area contributed by atoms with Gasteiger partial charge in [-0.3, -0.25) is 0 Å². The van der Waals surface area contributed by atoms with Crippen LogP contribution in [-0.2, 0) is 19.1 Å². The lowest BCUT2D eigenvalue weighted by Crippen LogP contribution is -2.43. The van der Waals surface area contributed by atoms with Gasteiger partial charge in [-0.2, -0.15) is 0 Å². The Morgan fingerprint density at radius 2 is 1.89 bits per heavy atom. The van der Waals surface area contributed by atoms with E-state index in [1.807, 2.05) is 26.8 Å². The summed E-state index contributed by atoms with van der Waals surface area (Å²) in [5, 5.41) is 12.3. The summed E-state index contributed by atoms with van der Waals surface area (Å²) < 4.78 is 11.0. The van der Waals surface area contributed by atoms with Gasteiger partial charge in [0.1, 0.15) is 18.2 Å². The summed E-state index contributed by atoms with van der Waals surface area (Å²) in [7, 11) is 0. The molecule has 0 fully saturated rings. The van der Waals surface area contributed by atoms with Gasteiger partial charge in [-0.05, 0) is 89.9 Å². The Morgan fingerprint density at radius 3 is 2.56 bits per heavy atom. The molecule has 4 rings (SSSR count). The van der Waals surface area contributed by atoms with E-state index < -0.39 is 29.7 Å². The molecular weight excluding hydrogens is 458 g/mol. The first-order valence-electron chi connectivity index (χ1n) is 13.3. The molecule has 2 N–H and O–H groups in total. The highest BCUT2D eigenvalue weighted by atomic mass is 16.6. The van der Waals surface area contributed by atoms with Crippen molar-refractivity contribution in [1.82, 2.24) is 5.32 Å². The Morgan fingerprint density at radius 1 is 1.14 bits per heavy atom. The predicted octanol–water partition coefficient (Wildman–Crippen LogP) is 5.48. The van der Waals surface area contributed by atoms with Crippen molar-refractivity contribution in [3.8, 4) is 0 Å². The topological polar surface area (TPSA) is 102 Å². The molecule has 5 atom stereocenters. The van der Waals surface area contributed by atoms with Gasteiger partial charge in [0.2, 0.25) is 0 Å². The third-order valence-corrected chi connectivity index (χ3v) is 7.73. The highest BCUT2D eigenvalue weighted by Gasteiger charge is 2.42. The molecule has 0 saturated carbocycles. The van der Waals surface area contributed by atoms with Crippen molar-refractivity contribution in [2.75, 3.05) is 6.61 Å². The first-order valence-corrected chi connectivity index (χ1v) is 13.3. The summed E-state index contributed by atoms with van der Waals surface area (Å²) >= 11 is 0. The molecule has 4 aliphatic carbocycles. The Balaban J connectivity index is 1.30. The maximum Gasteiger partial charge on any atom is 0.407 e. The van der Waals surface area contributed by atoms with Crippen molar-refractivity contribution in [3.05, 3.63) is 47.1 Å². The molecule has 0 heterocycles. The van der Waals surface area contributed by atoms with Crippen molar-refractivity contribution >= 4 is 18.0 Å². The van der Waals surface area contributed by atoms with E-state index in [1.54, 1.807) is 17.7 Å². The predicted molar refractivity (Wildman–Crippen MR) is 136 cm³/mol. The van der Waals surface area contributed by atoms with E-state index in [0.717, 1.165) is 19.3 Å². The van der Waals surface area contributed by atoms with E-state index in [-0.39, 0.29) is 24.9 Å². The fourth-order valence-corrected chi connectivity index (χ4v) is 6.12. The number of ether oxygens (including phenoxy) is 2. The number of esters is 1. The molecule has 36 heavy (non-hydrogen) atoms. The van der Waals surface area contributed by atoms with Gasteiger partial charge in [0.25, 0.3) is 0 Å². The van der Waals surface area contributed by atoms with Crippen LogP contribution in [0, 0.1) is 23.7 Å². The molecule has 0 bridgehead atoms. The number of amides is 1. The van der Waals surface area contributed by atoms with Crippen LogP contribution in [0.5, 0.6) is 0 Å². The number of carboxylic acid groups (broad SMARTS) is 1. The molecule has 3 unspecified atom stereocenters. The fraction of sp³-hybridized carbons (Fsp3) is 0.621. The van der Waals surface area contributed by atoms with Crippen LogP contribution in [0.15, 0.2) is 47.1 Å². The van der Waals surface area contributed by atoms with Gasteiger partial charge in [0, 0.05) is 5.92 Å². The monoisotopic (exact) mass is 497 g/mol. The number of fused-ring (bicyclic) bond motifs is 2. The van der Waals surface area contributed by atoms with Crippen molar-refractivity contribution < 1.29 is 29.0 Å². The molecule has 0 aliphatic heterocycles. The summed E-state index contributed by atoms with van der Waals surface area (Å²) in [5.74, 6) is -0.444. The number of nitrogens with one attached hydrogen (secondary N) is 1. The van der Waals surface area contributed by atoms with Gasteiger partial charge in [0.05, 0.1) is 5.57 Å². The lowest BCUT2D eigenvalue weighted by molar-refractivity contribution is -0.149. The Labute approximate surface area is 213 Å². The number of carbonyl (C=O) groups excluding carboxylic acids is 2. The van der Waals surface area contributed by atoms with Crippen molar-refractivity contribution in [1.29, 1.82) is 0 Å². The number of hydrogen-bond donors (Lipinski definition) is 2. The number of hydrogen-bond acceptors (Lipinski definition) is 5. The number of aliphatic carboxylic acids is 1. The molecule has 1 amide bonds. The van der Waals surface area contributed by atoms with Gasteiger partial charge >= 0.3 is 18.0 Å². The molecule has 0 spiro atoms. The summed E-state index contributed by atoms with van der Waals surface area (Å²) in [6, 6.07) is -1.07. The molecule has 196 valence electrons. The lowest BCUT2D eigenvalue weighted by Gasteiger charge is -2.27. The van der Waals surface area contributed by atoms with Crippen LogP contribution in [-0.4, -0.2) is 41.4 Å². The zero-order chi connectivity index (χ0) is 25.9.